The molecule has 0 atom stereocenters. The van der Waals surface area contributed by atoms with Gasteiger partial charge in [0, 0.05) is 11.2 Å². The summed E-state index contributed by atoms with van der Waals surface area (Å²) >= 11 is 1.65. The quantitative estimate of drug-likeness (QED) is 0.386. The smallest absolute Gasteiger partial charge is 0.319 e. The van der Waals surface area contributed by atoms with Crippen LogP contribution >= 0.6 is 11.8 Å². The largest absolute Gasteiger partial charge is 0.334 e. The standard InChI is InChI=1S/C8H15NO2S/c1-5-7(10)11-9-6-8(2,3)12-4/h6H,5H2,1-4H3/b9-6+. The zero-order valence-electron chi connectivity index (χ0n) is 7.96. The second-order valence-electron chi connectivity index (χ2n) is 2.86. The SMILES string of the molecule is CCC(=O)O/N=C/C(C)(C)SC. The Morgan fingerprint density at radius 1 is 1.67 bits per heavy atom. The Morgan fingerprint density at radius 2 is 2.25 bits per heavy atom. The predicted molar refractivity (Wildman–Crippen MR) is 52.5 cm³/mol. The summed E-state index contributed by atoms with van der Waals surface area (Å²) in [6.07, 6.45) is 3.97. The van der Waals surface area contributed by atoms with Gasteiger partial charge in [0.15, 0.2) is 0 Å². The van der Waals surface area contributed by atoms with E-state index in [4.69, 9.17) is 0 Å². The van der Waals surface area contributed by atoms with Gasteiger partial charge in [-0.25, -0.2) is 4.79 Å². The molecular formula is C8H15NO2S. The topological polar surface area (TPSA) is 38.7 Å². The van der Waals surface area contributed by atoms with Crippen molar-refractivity contribution in [3.8, 4) is 0 Å². The van der Waals surface area contributed by atoms with Crippen LogP contribution in [0, 0.1) is 0 Å². The van der Waals surface area contributed by atoms with Crippen LogP contribution in [0.3, 0.4) is 0 Å². The summed E-state index contributed by atoms with van der Waals surface area (Å²) in [6, 6.07) is 0. The number of carbonyl (C=O) groups excluding carboxylic acids is 1. The molecule has 12 heavy (non-hydrogen) atoms. The molecule has 0 saturated heterocycles. The zero-order valence-corrected chi connectivity index (χ0v) is 8.77. The van der Waals surface area contributed by atoms with E-state index in [9.17, 15) is 4.79 Å². The van der Waals surface area contributed by atoms with Gasteiger partial charge in [0.25, 0.3) is 0 Å². The summed E-state index contributed by atoms with van der Waals surface area (Å²) in [7, 11) is 0. The van der Waals surface area contributed by atoms with Gasteiger partial charge in [-0.15, -0.1) is 0 Å². The van der Waals surface area contributed by atoms with Gasteiger partial charge in [-0.1, -0.05) is 12.1 Å². The molecule has 0 radical (unpaired) electrons. The first-order chi connectivity index (χ1) is 5.52. The molecule has 0 aromatic carbocycles. The number of rotatable bonds is 4. The highest BCUT2D eigenvalue weighted by molar-refractivity contribution is 8.00. The van der Waals surface area contributed by atoms with Crippen molar-refractivity contribution in [3.05, 3.63) is 0 Å². The highest BCUT2D eigenvalue weighted by Crippen LogP contribution is 2.17. The van der Waals surface area contributed by atoms with Gasteiger partial charge >= 0.3 is 5.97 Å². The lowest BCUT2D eigenvalue weighted by atomic mass is 10.2. The number of hydrogen-bond acceptors (Lipinski definition) is 4. The van der Waals surface area contributed by atoms with E-state index < -0.39 is 0 Å². The Kier molecular flexibility index (Phi) is 4.97. The molecule has 0 bridgehead atoms. The second kappa shape index (κ2) is 5.19. The Labute approximate surface area is 77.5 Å². The van der Waals surface area contributed by atoms with E-state index in [1.807, 2.05) is 20.1 Å². The molecule has 70 valence electrons. The molecule has 0 aliphatic rings. The van der Waals surface area contributed by atoms with Crippen LogP contribution in [0.1, 0.15) is 27.2 Å². The Morgan fingerprint density at radius 3 is 2.67 bits per heavy atom. The number of hydrogen-bond donors (Lipinski definition) is 0. The molecule has 0 amide bonds. The fourth-order valence-electron chi connectivity index (χ4n) is 0.329. The summed E-state index contributed by atoms with van der Waals surface area (Å²) < 4.78 is -0.0754. The van der Waals surface area contributed by atoms with Crippen LogP contribution in [-0.2, 0) is 9.63 Å². The first kappa shape index (κ1) is 11.5. The van der Waals surface area contributed by atoms with Crippen LogP contribution in [0.15, 0.2) is 5.16 Å². The van der Waals surface area contributed by atoms with Crippen molar-refractivity contribution < 1.29 is 9.63 Å². The van der Waals surface area contributed by atoms with Gasteiger partial charge in [-0.05, 0) is 20.1 Å². The average Bonchev–Trinajstić information content (AvgIpc) is 2.04. The van der Waals surface area contributed by atoms with Crippen molar-refractivity contribution >= 4 is 23.9 Å². The van der Waals surface area contributed by atoms with Gasteiger partial charge in [0.05, 0.1) is 6.21 Å². The summed E-state index contributed by atoms with van der Waals surface area (Å²) in [5.41, 5.74) is 0. The number of thioether (sulfide) groups is 1. The van der Waals surface area contributed by atoms with E-state index in [0.29, 0.717) is 6.42 Å². The molecule has 0 N–H and O–H groups in total. The third kappa shape index (κ3) is 5.18. The highest BCUT2D eigenvalue weighted by Gasteiger charge is 2.12. The first-order valence-corrected chi connectivity index (χ1v) is 5.04. The second-order valence-corrected chi connectivity index (χ2v) is 4.32. The number of oxime groups is 1. The van der Waals surface area contributed by atoms with Crippen LogP contribution in [0.2, 0.25) is 0 Å². The summed E-state index contributed by atoms with van der Waals surface area (Å²) in [5, 5.41) is 3.59. The fourth-order valence-corrected chi connectivity index (χ4v) is 0.478. The molecule has 0 aromatic rings. The number of nitrogens with zero attached hydrogens (tertiary/aromatic N) is 1. The fraction of sp³-hybridized carbons (Fsp3) is 0.750. The van der Waals surface area contributed by atoms with Gasteiger partial charge in [-0.3, -0.25) is 0 Å². The van der Waals surface area contributed by atoms with E-state index in [1.54, 1.807) is 24.9 Å². The molecule has 3 nitrogen and oxygen atoms in total. The Balaban J connectivity index is 3.83. The minimum atomic E-state index is -0.303. The maximum absolute atomic E-state index is 10.6. The first-order valence-electron chi connectivity index (χ1n) is 3.81. The normalized spacial score (nSPS) is 12.0. The van der Waals surface area contributed by atoms with Crippen LogP contribution in [0.5, 0.6) is 0 Å². The van der Waals surface area contributed by atoms with Crippen LogP contribution < -0.4 is 0 Å². The predicted octanol–water partition coefficient (Wildman–Crippen LogP) is 2.07. The monoisotopic (exact) mass is 189 g/mol. The van der Waals surface area contributed by atoms with E-state index in [1.165, 1.54) is 0 Å². The third-order valence-corrected chi connectivity index (χ3v) is 2.49. The van der Waals surface area contributed by atoms with E-state index in [2.05, 4.69) is 9.99 Å². The molecule has 0 fully saturated rings. The maximum Gasteiger partial charge on any atom is 0.334 e. The molecule has 0 unspecified atom stereocenters. The molecule has 0 spiro atoms. The van der Waals surface area contributed by atoms with E-state index >= 15 is 0 Å². The summed E-state index contributed by atoms with van der Waals surface area (Å²) in [5.74, 6) is -0.303. The van der Waals surface area contributed by atoms with Crippen molar-refractivity contribution in [1.82, 2.24) is 0 Å². The van der Waals surface area contributed by atoms with Gasteiger partial charge in [0.2, 0.25) is 0 Å². The van der Waals surface area contributed by atoms with Crippen molar-refractivity contribution in [2.45, 2.75) is 31.9 Å². The zero-order chi connectivity index (χ0) is 9.61. The molecule has 0 aliphatic carbocycles. The van der Waals surface area contributed by atoms with Gasteiger partial charge in [0.1, 0.15) is 0 Å². The molecule has 0 saturated carbocycles. The van der Waals surface area contributed by atoms with E-state index in [0.717, 1.165) is 0 Å². The lowest BCUT2D eigenvalue weighted by Gasteiger charge is -2.13. The Bertz CT molecular complexity index is 178. The molecular weight excluding hydrogens is 174 g/mol. The molecule has 0 aliphatic heterocycles. The molecule has 0 rings (SSSR count). The van der Waals surface area contributed by atoms with Crippen LogP contribution in [0.4, 0.5) is 0 Å². The molecule has 0 heterocycles. The van der Waals surface area contributed by atoms with Gasteiger partial charge in [-0.2, -0.15) is 11.8 Å². The average molecular weight is 189 g/mol. The van der Waals surface area contributed by atoms with Crippen LogP contribution in [-0.4, -0.2) is 23.2 Å². The van der Waals surface area contributed by atoms with Crippen molar-refractivity contribution in [2.75, 3.05) is 6.26 Å². The number of carbonyl (C=O) groups is 1. The third-order valence-electron chi connectivity index (χ3n) is 1.33. The highest BCUT2D eigenvalue weighted by atomic mass is 32.2. The van der Waals surface area contributed by atoms with Gasteiger partial charge < -0.3 is 4.84 Å². The van der Waals surface area contributed by atoms with E-state index in [-0.39, 0.29) is 10.7 Å². The molecule has 4 heteroatoms. The van der Waals surface area contributed by atoms with Crippen molar-refractivity contribution in [1.29, 1.82) is 0 Å². The van der Waals surface area contributed by atoms with Crippen molar-refractivity contribution in [3.63, 3.8) is 0 Å². The minimum absolute atomic E-state index is 0.0754. The lowest BCUT2D eigenvalue weighted by molar-refractivity contribution is -0.143. The lowest BCUT2D eigenvalue weighted by Crippen LogP contribution is -2.16. The minimum Gasteiger partial charge on any atom is -0.319 e. The maximum atomic E-state index is 10.6. The summed E-state index contributed by atoms with van der Waals surface area (Å²) in [6.45, 7) is 5.74. The Hall–Kier alpha value is -0.510. The summed E-state index contributed by atoms with van der Waals surface area (Å²) in [4.78, 5) is 15.2. The van der Waals surface area contributed by atoms with Crippen LogP contribution in [0.25, 0.3) is 0 Å². The molecule has 0 aromatic heterocycles. The van der Waals surface area contributed by atoms with Crippen molar-refractivity contribution in [2.24, 2.45) is 5.16 Å².